The van der Waals surface area contributed by atoms with E-state index in [-0.39, 0.29) is 53.8 Å². The molecule has 0 radical (unpaired) electrons. The van der Waals surface area contributed by atoms with Gasteiger partial charge in [0.25, 0.3) is 15.6 Å². The van der Waals surface area contributed by atoms with E-state index in [2.05, 4.69) is 99.0 Å². The maximum absolute atomic E-state index is 12.7. The Kier molecular flexibility index (Phi) is 39.4. The number of nitrogen functional groups attached to an aromatic ring is 1. The first-order valence-electron chi connectivity index (χ1n) is 31.2. The lowest BCUT2D eigenvalue weighted by atomic mass is 9.87. The number of hydrogen-bond acceptors (Lipinski definition) is 23. The highest BCUT2D eigenvalue weighted by Crippen LogP contribution is 2.56. The van der Waals surface area contributed by atoms with Gasteiger partial charge in [-0.15, -0.1) is 0 Å². The van der Waals surface area contributed by atoms with Gasteiger partial charge in [0.05, 0.1) is 33.5 Å². The summed E-state index contributed by atoms with van der Waals surface area (Å²) in [6, 6.07) is 0. The number of carbonyl (C=O) groups is 3. The Balaban J connectivity index is 1.13. The van der Waals surface area contributed by atoms with Gasteiger partial charge in [0.1, 0.15) is 36.3 Å². The van der Waals surface area contributed by atoms with Crippen molar-refractivity contribution >= 4 is 69.1 Å². The number of amides is 2. The summed E-state index contributed by atoms with van der Waals surface area (Å²) in [4.78, 5) is 97.5. The fourth-order valence-electron chi connectivity index (χ4n) is 9.48. The molecule has 1 aliphatic heterocycles. The summed E-state index contributed by atoms with van der Waals surface area (Å²) in [7, 11) is -17.7. The van der Waals surface area contributed by atoms with Gasteiger partial charge < -0.3 is 74.1 Å². The quantitative estimate of drug-likeness (QED) is 0.0206. The van der Waals surface area contributed by atoms with E-state index >= 15 is 0 Å². The number of ether oxygens (including phenoxy) is 1. The van der Waals surface area contributed by atoms with Crippen molar-refractivity contribution in [2.75, 3.05) is 37.8 Å². The Morgan fingerprint density at radius 3 is 1.82 bits per heavy atom. The van der Waals surface area contributed by atoms with Crippen LogP contribution in [-0.4, -0.2) is 114 Å². The second-order valence-electron chi connectivity index (χ2n) is 22.7. The normalized spacial score (nSPS) is 18.9. The number of nitrogens with one attached hydrogen (secondary N) is 2. The number of thioether (sulfide) groups is 1. The highest BCUT2D eigenvalue weighted by atomic mass is 32.2. The number of carbonyl (C=O) groups excluding carboxylic acids is 3. The molecular formula is C59H98N7O18P3S-4. The maximum Gasteiger partial charge on any atom is 0.274 e. The van der Waals surface area contributed by atoms with Crippen molar-refractivity contribution in [1.29, 1.82) is 0 Å². The molecule has 502 valence electrons. The molecule has 8 atom stereocenters. The molecule has 0 bridgehead atoms. The molecule has 29 heteroatoms. The number of aliphatic hydroxyl groups is 3. The van der Waals surface area contributed by atoms with Gasteiger partial charge in [0.2, 0.25) is 11.8 Å². The van der Waals surface area contributed by atoms with Gasteiger partial charge in [0, 0.05) is 37.1 Å². The van der Waals surface area contributed by atoms with Crippen LogP contribution in [0.3, 0.4) is 0 Å². The summed E-state index contributed by atoms with van der Waals surface area (Å²) in [5.41, 5.74) is 4.07. The van der Waals surface area contributed by atoms with Crippen LogP contribution in [0, 0.1) is 5.41 Å². The summed E-state index contributed by atoms with van der Waals surface area (Å²) >= 11 is 0.994. The number of rotatable bonds is 51. The Morgan fingerprint density at radius 1 is 0.739 bits per heavy atom. The van der Waals surface area contributed by atoms with Crippen LogP contribution in [0.5, 0.6) is 0 Å². The Labute approximate surface area is 524 Å². The molecule has 25 nitrogen and oxygen atoms in total. The molecule has 3 rings (SSSR count). The summed E-state index contributed by atoms with van der Waals surface area (Å²) in [6.45, 7) is 2.25. The van der Waals surface area contributed by atoms with E-state index in [1.807, 2.05) is 0 Å². The van der Waals surface area contributed by atoms with Gasteiger partial charge in [-0.2, -0.15) is 0 Å². The largest absolute Gasteiger partial charge is 0.790 e. The number of unbranched alkanes of at least 4 members (excludes halogenated alkanes) is 20. The zero-order valence-electron chi connectivity index (χ0n) is 51.7. The number of fused-ring (bicyclic) bond motifs is 1. The van der Waals surface area contributed by atoms with E-state index in [4.69, 9.17) is 10.5 Å². The molecule has 7 N–H and O–H groups in total. The third kappa shape index (κ3) is 34.8. The van der Waals surface area contributed by atoms with Gasteiger partial charge in [-0.05, 0) is 51.4 Å². The molecule has 2 unspecified atom stereocenters. The fourth-order valence-corrected chi connectivity index (χ4v) is 13.0. The number of allylic oxidation sites excluding steroid dienone is 8. The van der Waals surface area contributed by atoms with Crippen LogP contribution in [0.1, 0.15) is 207 Å². The lowest BCUT2D eigenvalue weighted by Crippen LogP contribution is -2.46. The van der Waals surface area contributed by atoms with Crippen LogP contribution in [0.15, 0.2) is 61.3 Å². The number of phosphoric acid groups is 3. The number of anilines is 1. The number of hydrogen-bond donors (Lipinski definition) is 6. The molecule has 1 saturated heterocycles. The van der Waals surface area contributed by atoms with E-state index in [1.165, 1.54) is 136 Å². The summed E-state index contributed by atoms with van der Waals surface area (Å²) < 4.78 is 61.0. The topological polar surface area (TPSA) is 395 Å². The van der Waals surface area contributed by atoms with Crippen molar-refractivity contribution in [1.82, 2.24) is 30.2 Å². The average Bonchev–Trinajstić information content (AvgIpc) is 2.62. The molecule has 0 saturated carbocycles. The zero-order valence-corrected chi connectivity index (χ0v) is 55.2. The van der Waals surface area contributed by atoms with Crippen molar-refractivity contribution in [2.24, 2.45) is 5.41 Å². The molecule has 1 fully saturated rings. The Morgan fingerprint density at radius 2 is 1.26 bits per heavy atom. The van der Waals surface area contributed by atoms with E-state index in [9.17, 15) is 63.0 Å². The highest BCUT2D eigenvalue weighted by molar-refractivity contribution is 8.13. The lowest BCUT2D eigenvalue weighted by Gasteiger charge is -2.36. The molecule has 0 spiro atoms. The minimum absolute atomic E-state index is 0.0127. The van der Waals surface area contributed by atoms with Crippen LogP contribution < -0.4 is 35.9 Å². The summed E-state index contributed by atoms with van der Waals surface area (Å²) in [5.74, 6) is -1.33. The first-order valence-corrected chi connectivity index (χ1v) is 36.6. The Hall–Kier alpha value is -3.52. The third-order valence-electron chi connectivity index (χ3n) is 14.5. The second kappa shape index (κ2) is 44.1. The average molecular weight is 1320 g/mol. The van der Waals surface area contributed by atoms with E-state index < -0.39 is 90.7 Å². The van der Waals surface area contributed by atoms with Crippen molar-refractivity contribution in [3.63, 3.8) is 0 Å². The molecular weight excluding hydrogens is 1220 g/mol. The summed E-state index contributed by atoms with van der Waals surface area (Å²) in [5, 5.41) is 36.7. The number of phosphoric ester groups is 3. The van der Waals surface area contributed by atoms with E-state index in [0.29, 0.717) is 6.42 Å². The summed E-state index contributed by atoms with van der Waals surface area (Å²) in [6.07, 6.45) is 41.0. The smallest absolute Gasteiger partial charge is 0.274 e. The molecule has 3 heterocycles. The third-order valence-corrected chi connectivity index (χ3v) is 18.4. The monoisotopic (exact) mass is 1320 g/mol. The molecule has 0 aromatic carbocycles. The molecule has 0 aliphatic carbocycles. The maximum atomic E-state index is 12.7. The SMILES string of the molecule is CCCCC/C=C\C/C=C\C/C=C\C/C=C\CCCCCCCCCCCCCCCCCCC[C@@H](O)CC(=O)SCCNC(=O)CCNC(=O)[C@H](O)C(C)(C)COP(=O)([O-])OP(=O)([O-])OC[C@H]1O[C@@H](n2cnc3c(N)ncnc32)[C@H](O)[C@@H]1OP(=O)([O-])[O-]. The first kappa shape index (κ1) is 78.7. The molecule has 2 aromatic rings. The minimum Gasteiger partial charge on any atom is -0.790 e. The number of imidazole rings is 1. The molecule has 88 heavy (non-hydrogen) atoms. The zero-order chi connectivity index (χ0) is 64.7. The van der Waals surface area contributed by atoms with Crippen LogP contribution in [0.4, 0.5) is 5.82 Å². The van der Waals surface area contributed by atoms with Crippen molar-refractivity contribution in [3.8, 4) is 0 Å². The van der Waals surface area contributed by atoms with Gasteiger partial charge in [-0.3, -0.25) is 28.1 Å². The predicted molar refractivity (Wildman–Crippen MR) is 331 cm³/mol. The second-order valence-corrected chi connectivity index (χ2v) is 28.0. The van der Waals surface area contributed by atoms with Crippen molar-refractivity contribution in [3.05, 3.63) is 61.3 Å². The van der Waals surface area contributed by atoms with Gasteiger partial charge >= 0.3 is 0 Å². The van der Waals surface area contributed by atoms with Crippen molar-refractivity contribution in [2.45, 2.75) is 237 Å². The highest BCUT2D eigenvalue weighted by Gasteiger charge is 2.47. The van der Waals surface area contributed by atoms with E-state index in [0.717, 1.165) is 67.5 Å². The van der Waals surface area contributed by atoms with Crippen LogP contribution in [0.25, 0.3) is 11.2 Å². The Bertz CT molecular complexity index is 2590. The van der Waals surface area contributed by atoms with E-state index in [1.54, 1.807) is 0 Å². The number of nitrogens with zero attached hydrogens (tertiary/aromatic N) is 4. The lowest BCUT2D eigenvalue weighted by molar-refractivity contribution is -0.347. The predicted octanol–water partition coefficient (Wildman–Crippen LogP) is 8.28. The number of aliphatic hydroxyl groups excluding tert-OH is 3. The first-order chi connectivity index (χ1) is 41.9. The van der Waals surface area contributed by atoms with Gasteiger partial charge in [-0.25, -0.2) is 19.3 Å². The van der Waals surface area contributed by atoms with Crippen molar-refractivity contribution < 1.29 is 85.6 Å². The minimum atomic E-state index is -5.94. The van der Waals surface area contributed by atoms with Gasteiger partial charge in [-0.1, -0.05) is 197 Å². The van der Waals surface area contributed by atoms with Crippen LogP contribution in [0.2, 0.25) is 0 Å². The fraction of sp³-hybridized carbons (Fsp3) is 0.729. The van der Waals surface area contributed by atoms with Crippen LogP contribution in [-0.2, 0) is 50.7 Å². The molecule has 2 amide bonds. The number of aromatic nitrogens is 4. The molecule has 2 aromatic heterocycles. The number of nitrogens with two attached hydrogens (primary N) is 1. The molecule has 1 aliphatic rings. The standard InChI is InChI=1S/C59H102N7O18P3S/c1-4-5-6-7-8-9-10-11-12-13-14-15-16-17-18-19-20-21-22-23-24-25-26-27-28-29-30-31-32-33-34-35-36-37-47(67)42-50(69)88-41-40-61-49(68)38-39-62-57(72)54(71)59(2,3)44-81-87(78,79)84-86(76,77)80-43-48-53(83-85(73,74)75)52(70)58(82-48)66-46-65-51-55(60)63-45-64-56(51)66/h8-9,11-12,14-15,17-18,45-48,52-54,58,67,70-71H,4-7,10,13,16,19-44H2,1-3H3,(H,61,68)(H,62,72)(H,76,77)(H,78,79)(H2,60,63,64)(H2,73,74,75)/p-4/b9-8-,12-11-,15-14-,18-17-/t47-,48-,52-,53-,54+,58-/m1/s1. The van der Waals surface area contributed by atoms with Gasteiger partial charge in [0.15, 0.2) is 22.8 Å². The van der Waals surface area contributed by atoms with Crippen LogP contribution >= 0.6 is 35.2 Å².